The number of esters is 1. The van der Waals surface area contributed by atoms with Gasteiger partial charge in [0.2, 0.25) is 11.8 Å². The van der Waals surface area contributed by atoms with Crippen molar-refractivity contribution in [3.63, 3.8) is 0 Å². The second-order valence-electron chi connectivity index (χ2n) is 9.79. The highest BCUT2D eigenvalue weighted by Gasteiger charge is 2.77. The van der Waals surface area contributed by atoms with E-state index in [4.69, 9.17) is 9.47 Å². The van der Waals surface area contributed by atoms with Gasteiger partial charge in [-0.3, -0.25) is 14.4 Å². The minimum absolute atomic E-state index is 0.00724. The molecule has 6 atom stereocenters. The Morgan fingerprint density at radius 3 is 2.66 bits per heavy atom. The fourth-order valence-electron chi connectivity index (χ4n) is 5.52. The zero-order valence-electron chi connectivity index (χ0n) is 19.4. The standard InChI is InChI=1S/C23H35BrN2O6/c1-6-10-26(22(3,4)5)20(29)18-23-13-14(24)17(32-23)15(21(30)31-7-2)16(23)19(28)25(18)11-8-9-12-27/h6,14-18,27H,1,7-13H2,2-5H3/t14?,15-,16+,17-,18-,23+/m1/s1. The van der Waals surface area contributed by atoms with Crippen LogP contribution in [0.5, 0.6) is 0 Å². The summed E-state index contributed by atoms with van der Waals surface area (Å²) in [4.78, 5) is 43.7. The summed E-state index contributed by atoms with van der Waals surface area (Å²) >= 11 is 3.64. The molecule has 0 aromatic heterocycles. The van der Waals surface area contributed by atoms with Crippen molar-refractivity contribution in [1.29, 1.82) is 0 Å². The molecule has 2 bridgehead atoms. The van der Waals surface area contributed by atoms with Crippen LogP contribution in [0, 0.1) is 11.8 Å². The van der Waals surface area contributed by atoms with Gasteiger partial charge >= 0.3 is 5.97 Å². The number of nitrogens with zero attached hydrogens (tertiary/aromatic N) is 2. The summed E-state index contributed by atoms with van der Waals surface area (Å²) in [5, 5.41) is 9.24. The zero-order chi connectivity index (χ0) is 23.8. The van der Waals surface area contributed by atoms with Crippen molar-refractivity contribution in [3.8, 4) is 0 Å². The van der Waals surface area contributed by atoms with Crippen molar-refractivity contribution in [3.05, 3.63) is 12.7 Å². The first kappa shape index (κ1) is 25.2. The molecule has 3 saturated heterocycles. The highest BCUT2D eigenvalue weighted by molar-refractivity contribution is 9.09. The van der Waals surface area contributed by atoms with E-state index in [1.807, 2.05) is 20.8 Å². The van der Waals surface area contributed by atoms with E-state index in [-0.39, 0.29) is 29.9 Å². The summed E-state index contributed by atoms with van der Waals surface area (Å²) in [6.45, 7) is 12.2. The van der Waals surface area contributed by atoms with Crippen molar-refractivity contribution in [2.24, 2.45) is 11.8 Å². The summed E-state index contributed by atoms with van der Waals surface area (Å²) in [6.07, 6.45) is 2.69. The van der Waals surface area contributed by atoms with Crippen LogP contribution in [0.1, 0.15) is 47.0 Å². The molecule has 8 nitrogen and oxygen atoms in total. The van der Waals surface area contributed by atoms with Gasteiger partial charge in [-0.25, -0.2) is 0 Å². The Kier molecular flexibility index (Phi) is 7.42. The molecule has 3 aliphatic rings. The van der Waals surface area contributed by atoms with Crippen LogP contribution in [0.15, 0.2) is 12.7 Å². The molecule has 180 valence electrons. The molecule has 0 aliphatic carbocycles. The van der Waals surface area contributed by atoms with Crippen LogP contribution in [0.25, 0.3) is 0 Å². The van der Waals surface area contributed by atoms with Crippen molar-refractivity contribution >= 4 is 33.7 Å². The third-order valence-electron chi connectivity index (χ3n) is 6.78. The van der Waals surface area contributed by atoms with E-state index in [1.54, 1.807) is 22.8 Å². The largest absolute Gasteiger partial charge is 0.466 e. The number of likely N-dealkylation sites (tertiary alicyclic amines) is 1. The molecule has 1 unspecified atom stereocenters. The molecule has 0 aromatic rings. The predicted octanol–water partition coefficient (Wildman–Crippen LogP) is 1.88. The number of alkyl halides is 1. The first-order valence-corrected chi connectivity index (χ1v) is 12.3. The fraction of sp³-hybridized carbons (Fsp3) is 0.783. The number of carbonyl (C=O) groups is 3. The average molecular weight is 515 g/mol. The highest BCUT2D eigenvalue weighted by atomic mass is 79.9. The number of aliphatic hydroxyl groups is 1. The Morgan fingerprint density at radius 1 is 1.41 bits per heavy atom. The Bertz CT molecular complexity index is 768. The predicted molar refractivity (Wildman–Crippen MR) is 122 cm³/mol. The molecule has 0 aromatic carbocycles. The van der Waals surface area contributed by atoms with Crippen LogP contribution in [-0.2, 0) is 23.9 Å². The highest BCUT2D eigenvalue weighted by Crippen LogP contribution is 2.60. The summed E-state index contributed by atoms with van der Waals surface area (Å²) in [5.74, 6) is -2.41. The summed E-state index contributed by atoms with van der Waals surface area (Å²) in [7, 11) is 0. The average Bonchev–Trinajstić information content (AvgIpc) is 3.29. The lowest BCUT2D eigenvalue weighted by Gasteiger charge is -2.42. The molecule has 3 heterocycles. The molecule has 1 spiro atoms. The normalized spacial score (nSPS) is 33.4. The number of carbonyl (C=O) groups excluding carboxylic acids is 3. The molecule has 1 N–H and O–H groups in total. The van der Waals surface area contributed by atoms with Gasteiger partial charge in [0.05, 0.1) is 24.5 Å². The third-order valence-corrected chi connectivity index (χ3v) is 7.62. The van der Waals surface area contributed by atoms with E-state index in [0.29, 0.717) is 32.4 Å². The lowest BCUT2D eigenvalue weighted by Crippen LogP contribution is -2.60. The number of aliphatic hydroxyl groups excluding tert-OH is 1. The number of fused-ring (bicyclic) bond motifs is 1. The topological polar surface area (TPSA) is 96.4 Å². The monoisotopic (exact) mass is 514 g/mol. The summed E-state index contributed by atoms with van der Waals surface area (Å²) < 4.78 is 11.7. The molecular weight excluding hydrogens is 480 g/mol. The van der Waals surface area contributed by atoms with Crippen molar-refractivity contribution < 1.29 is 29.0 Å². The minimum atomic E-state index is -1.09. The molecule has 3 fully saturated rings. The zero-order valence-corrected chi connectivity index (χ0v) is 21.0. The Hall–Kier alpha value is -1.45. The maximum Gasteiger partial charge on any atom is 0.312 e. The fourth-order valence-corrected chi connectivity index (χ4v) is 6.46. The lowest BCUT2D eigenvalue weighted by molar-refractivity contribution is -0.155. The number of ether oxygens (including phenoxy) is 2. The van der Waals surface area contributed by atoms with Crippen LogP contribution in [-0.4, -0.2) is 87.1 Å². The molecule has 32 heavy (non-hydrogen) atoms. The Morgan fingerprint density at radius 2 is 2.09 bits per heavy atom. The van der Waals surface area contributed by atoms with Gasteiger partial charge in [-0.2, -0.15) is 0 Å². The lowest BCUT2D eigenvalue weighted by atomic mass is 9.70. The minimum Gasteiger partial charge on any atom is -0.466 e. The van der Waals surface area contributed by atoms with Crippen LogP contribution < -0.4 is 0 Å². The van der Waals surface area contributed by atoms with Crippen LogP contribution in [0.3, 0.4) is 0 Å². The molecule has 0 saturated carbocycles. The van der Waals surface area contributed by atoms with Gasteiger partial charge in [0.25, 0.3) is 0 Å². The van der Waals surface area contributed by atoms with Crippen LogP contribution >= 0.6 is 15.9 Å². The van der Waals surface area contributed by atoms with Gasteiger partial charge in [-0.1, -0.05) is 22.0 Å². The Balaban J connectivity index is 2.06. The SMILES string of the molecule is C=CCN(C(=O)[C@H]1N(CCCCO)C(=O)[C@@H]2[C@@H](C(=O)OCC)[C@@H]3O[C@@]21CC3Br)C(C)(C)C. The van der Waals surface area contributed by atoms with E-state index in [9.17, 15) is 19.5 Å². The number of halogens is 1. The van der Waals surface area contributed by atoms with Gasteiger partial charge in [0, 0.05) is 30.1 Å². The molecule has 3 aliphatic heterocycles. The third kappa shape index (κ3) is 4.01. The van der Waals surface area contributed by atoms with Crippen molar-refractivity contribution in [1.82, 2.24) is 9.80 Å². The Labute approximate surface area is 198 Å². The number of amides is 2. The van der Waals surface area contributed by atoms with Crippen LogP contribution in [0.4, 0.5) is 0 Å². The van der Waals surface area contributed by atoms with Gasteiger partial charge in [-0.15, -0.1) is 6.58 Å². The number of rotatable bonds is 9. The second kappa shape index (κ2) is 9.43. The smallest absolute Gasteiger partial charge is 0.312 e. The molecule has 9 heteroatoms. The van der Waals surface area contributed by atoms with Crippen molar-refractivity contribution in [2.45, 2.75) is 75.1 Å². The maximum absolute atomic E-state index is 14.0. The van der Waals surface area contributed by atoms with Gasteiger partial charge in [0.1, 0.15) is 11.6 Å². The number of unbranched alkanes of at least 4 members (excludes halogenated alkanes) is 1. The first-order chi connectivity index (χ1) is 15.0. The maximum atomic E-state index is 14.0. The van der Waals surface area contributed by atoms with E-state index in [0.717, 1.165) is 0 Å². The van der Waals surface area contributed by atoms with Crippen molar-refractivity contribution in [2.75, 3.05) is 26.3 Å². The van der Waals surface area contributed by atoms with Crippen LogP contribution in [0.2, 0.25) is 0 Å². The van der Waals surface area contributed by atoms with E-state index < -0.39 is 41.1 Å². The summed E-state index contributed by atoms with van der Waals surface area (Å²) in [6, 6.07) is -0.845. The molecular formula is C23H35BrN2O6. The van der Waals surface area contributed by atoms with E-state index >= 15 is 0 Å². The second-order valence-corrected chi connectivity index (χ2v) is 11.0. The van der Waals surface area contributed by atoms with Gasteiger partial charge in [0.15, 0.2) is 0 Å². The summed E-state index contributed by atoms with van der Waals surface area (Å²) in [5.41, 5.74) is -1.58. The van der Waals surface area contributed by atoms with E-state index in [1.165, 1.54) is 0 Å². The molecule has 2 amide bonds. The van der Waals surface area contributed by atoms with Gasteiger partial charge < -0.3 is 24.4 Å². The van der Waals surface area contributed by atoms with Gasteiger partial charge in [-0.05, 0) is 47.0 Å². The van der Waals surface area contributed by atoms with E-state index in [2.05, 4.69) is 22.5 Å². The quantitative estimate of drug-likeness (QED) is 0.218. The molecule has 3 rings (SSSR count). The number of hydrogen-bond donors (Lipinski definition) is 1. The molecule has 0 radical (unpaired) electrons. The number of hydrogen-bond acceptors (Lipinski definition) is 6. The first-order valence-electron chi connectivity index (χ1n) is 11.4.